The van der Waals surface area contributed by atoms with Gasteiger partial charge >= 0.3 is 5.82 Å². The predicted molar refractivity (Wildman–Crippen MR) is 73.1 cm³/mol. The van der Waals surface area contributed by atoms with E-state index < -0.39 is 4.92 Å². The molecule has 0 saturated carbocycles. The summed E-state index contributed by atoms with van der Waals surface area (Å²) in [6.45, 7) is 1.99. The van der Waals surface area contributed by atoms with Gasteiger partial charge in [-0.05, 0) is 28.8 Å². The lowest BCUT2D eigenvalue weighted by molar-refractivity contribution is -0.388. The Morgan fingerprint density at radius 1 is 1.42 bits per heavy atom. The van der Waals surface area contributed by atoms with E-state index in [4.69, 9.17) is 0 Å². The molecular formula is C13H16N4O2. The molecule has 0 amide bonds. The van der Waals surface area contributed by atoms with Crippen molar-refractivity contribution in [3.05, 3.63) is 52.3 Å². The van der Waals surface area contributed by atoms with Gasteiger partial charge in [0.25, 0.3) is 0 Å². The monoisotopic (exact) mass is 260 g/mol. The smallest absolute Gasteiger partial charge is 0.362 e. The summed E-state index contributed by atoms with van der Waals surface area (Å²) < 4.78 is 1.62. The van der Waals surface area contributed by atoms with Crippen molar-refractivity contribution in [3.63, 3.8) is 0 Å². The van der Waals surface area contributed by atoms with Gasteiger partial charge in [0.05, 0.1) is 0 Å². The third-order valence-corrected chi connectivity index (χ3v) is 2.86. The highest BCUT2D eigenvalue weighted by Gasteiger charge is 2.21. The van der Waals surface area contributed by atoms with Gasteiger partial charge < -0.3 is 15.4 Å². The number of benzene rings is 1. The van der Waals surface area contributed by atoms with Gasteiger partial charge in [-0.25, -0.2) is 0 Å². The van der Waals surface area contributed by atoms with Crippen molar-refractivity contribution in [1.82, 2.24) is 9.55 Å². The molecule has 0 radical (unpaired) electrons. The number of nitrogens with one attached hydrogen (secondary N) is 1. The average Bonchev–Trinajstić information content (AvgIpc) is 2.72. The number of aryl methyl sites for hydroxylation is 1. The zero-order chi connectivity index (χ0) is 13.8. The van der Waals surface area contributed by atoms with E-state index in [-0.39, 0.29) is 11.9 Å². The number of imidazole rings is 1. The van der Waals surface area contributed by atoms with Crippen LogP contribution in [0, 0.1) is 10.1 Å². The normalized spacial score (nSPS) is 12.1. The first-order valence-corrected chi connectivity index (χ1v) is 6.04. The summed E-state index contributed by atoms with van der Waals surface area (Å²) in [5.74, 6) is 0.302. The third-order valence-electron chi connectivity index (χ3n) is 2.86. The highest BCUT2D eigenvalue weighted by Crippen LogP contribution is 2.22. The minimum absolute atomic E-state index is 0.0801. The summed E-state index contributed by atoms with van der Waals surface area (Å²) in [5.41, 5.74) is 1.19. The van der Waals surface area contributed by atoms with Crippen molar-refractivity contribution >= 4 is 11.6 Å². The molecule has 0 spiro atoms. The molecule has 19 heavy (non-hydrogen) atoms. The van der Waals surface area contributed by atoms with Gasteiger partial charge in [0.2, 0.25) is 12.1 Å². The second-order valence-corrected chi connectivity index (χ2v) is 4.52. The molecule has 0 aliphatic rings. The molecule has 1 unspecified atom stereocenters. The minimum atomic E-state index is -0.475. The fraction of sp³-hybridized carbons (Fsp3) is 0.308. The molecule has 1 heterocycles. The molecular weight excluding hydrogens is 244 g/mol. The number of hydrogen-bond donors (Lipinski definition) is 1. The number of rotatable bonds is 5. The third kappa shape index (κ3) is 3.09. The Kier molecular flexibility index (Phi) is 3.79. The first kappa shape index (κ1) is 13.1. The lowest BCUT2D eigenvalue weighted by atomic mass is 10.1. The molecule has 1 N–H and O–H groups in total. The van der Waals surface area contributed by atoms with Crippen molar-refractivity contribution in [2.75, 3.05) is 5.32 Å². The van der Waals surface area contributed by atoms with Gasteiger partial charge in [0.15, 0.2) is 0 Å². The maximum absolute atomic E-state index is 10.9. The molecule has 100 valence electrons. The van der Waals surface area contributed by atoms with Crippen LogP contribution in [-0.4, -0.2) is 20.5 Å². The summed E-state index contributed by atoms with van der Waals surface area (Å²) in [6, 6.07) is 10.1. The first-order chi connectivity index (χ1) is 9.08. The highest BCUT2D eigenvalue weighted by atomic mass is 16.6. The molecule has 6 nitrogen and oxygen atoms in total. The van der Waals surface area contributed by atoms with E-state index in [1.54, 1.807) is 11.6 Å². The van der Waals surface area contributed by atoms with Crippen LogP contribution in [0.1, 0.15) is 12.5 Å². The molecule has 0 fully saturated rings. The Morgan fingerprint density at radius 3 is 2.74 bits per heavy atom. The fourth-order valence-corrected chi connectivity index (χ4v) is 1.97. The quantitative estimate of drug-likeness (QED) is 0.661. The number of aromatic nitrogens is 2. The van der Waals surface area contributed by atoms with Crippen molar-refractivity contribution in [2.24, 2.45) is 7.05 Å². The van der Waals surface area contributed by atoms with Gasteiger partial charge in [0, 0.05) is 13.1 Å². The Hall–Kier alpha value is -2.37. The van der Waals surface area contributed by atoms with E-state index in [9.17, 15) is 10.1 Å². The Labute approximate surface area is 111 Å². The summed E-state index contributed by atoms with van der Waals surface area (Å²) in [5, 5.41) is 14.0. The molecule has 1 aromatic carbocycles. The minimum Gasteiger partial charge on any atom is -0.362 e. The van der Waals surface area contributed by atoms with Crippen molar-refractivity contribution in [2.45, 2.75) is 19.4 Å². The number of hydrogen-bond acceptors (Lipinski definition) is 4. The van der Waals surface area contributed by atoms with Gasteiger partial charge in [-0.3, -0.25) is 4.57 Å². The van der Waals surface area contributed by atoms with Crippen molar-refractivity contribution < 1.29 is 4.92 Å². The molecule has 2 rings (SSSR count). The number of nitro groups is 1. The Balaban J connectivity index is 2.09. The number of nitrogens with zero attached hydrogens (tertiary/aromatic N) is 3. The zero-order valence-electron chi connectivity index (χ0n) is 10.9. The Morgan fingerprint density at radius 2 is 2.11 bits per heavy atom. The van der Waals surface area contributed by atoms with Gasteiger partial charge in [-0.2, -0.15) is 0 Å². The number of anilines is 1. The summed E-state index contributed by atoms with van der Waals surface area (Å²) in [6.07, 6.45) is 2.23. The van der Waals surface area contributed by atoms with E-state index in [1.165, 1.54) is 11.9 Å². The molecule has 0 saturated heterocycles. The van der Waals surface area contributed by atoms with Crippen LogP contribution in [0.15, 0.2) is 36.7 Å². The zero-order valence-corrected chi connectivity index (χ0v) is 10.9. The Bertz CT molecular complexity index is 565. The summed E-state index contributed by atoms with van der Waals surface area (Å²) in [7, 11) is 1.73. The van der Waals surface area contributed by atoms with Gasteiger partial charge in [-0.15, -0.1) is 0 Å². The van der Waals surface area contributed by atoms with Crippen LogP contribution < -0.4 is 5.32 Å². The lowest BCUT2D eigenvalue weighted by Gasteiger charge is -2.14. The first-order valence-electron chi connectivity index (χ1n) is 6.04. The molecule has 1 aromatic heterocycles. The standard InChI is InChI=1S/C13H16N4O2/c1-10(8-11-6-4-3-5-7-11)15-13-12(17(18)19)14-9-16(13)2/h3-7,9-10,15H,8H2,1-2H3. The largest absolute Gasteiger partial charge is 0.406 e. The second-order valence-electron chi connectivity index (χ2n) is 4.52. The van der Waals surface area contributed by atoms with Crippen LogP contribution in [0.5, 0.6) is 0 Å². The van der Waals surface area contributed by atoms with Crippen LogP contribution in [0.2, 0.25) is 0 Å². The molecule has 0 aliphatic carbocycles. The molecule has 0 aliphatic heterocycles. The predicted octanol–water partition coefficient (Wildman–Crippen LogP) is 2.37. The summed E-state index contributed by atoms with van der Waals surface area (Å²) >= 11 is 0. The molecule has 6 heteroatoms. The van der Waals surface area contributed by atoms with Gasteiger partial charge in [-0.1, -0.05) is 30.3 Å². The maximum Gasteiger partial charge on any atom is 0.406 e. The van der Waals surface area contributed by atoms with Crippen LogP contribution in [0.25, 0.3) is 0 Å². The fourth-order valence-electron chi connectivity index (χ4n) is 1.97. The van der Waals surface area contributed by atoms with Crippen LogP contribution in [-0.2, 0) is 13.5 Å². The SMILES string of the molecule is CC(Cc1ccccc1)Nc1c([N+](=O)[O-])ncn1C. The van der Waals surface area contributed by atoms with E-state index >= 15 is 0 Å². The second kappa shape index (κ2) is 5.51. The maximum atomic E-state index is 10.9. The highest BCUT2D eigenvalue weighted by molar-refractivity contribution is 5.52. The van der Waals surface area contributed by atoms with Crippen molar-refractivity contribution in [3.8, 4) is 0 Å². The van der Waals surface area contributed by atoms with Gasteiger partial charge in [0.1, 0.15) is 0 Å². The molecule has 1 atom stereocenters. The molecule has 2 aromatic rings. The van der Waals surface area contributed by atoms with E-state index in [1.807, 2.05) is 37.3 Å². The van der Waals surface area contributed by atoms with Crippen LogP contribution in [0.4, 0.5) is 11.6 Å². The lowest BCUT2D eigenvalue weighted by Crippen LogP contribution is -2.20. The van der Waals surface area contributed by atoms with E-state index in [0.717, 1.165) is 6.42 Å². The van der Waals surface area contributed by atoms with E-state index in [2.05, 4.69) is 10.3 Å². The van der Waals surface area contributed by atoms with Crippen LogP contribution >= 0.6 is 0 Å². The van der Waals surface area contributed by atoms with E-state index in [0.29, 0.717) is 5.82 Å². The summed E-state index contributed by atoms with van der Waals surface area (Å²) in [4.78, 5) is 14.2. The molecule has 0 bridgehead atoms. The topological polar surface area (TPSA) is 73.0 Å². The average molecular weight is 260 g/mol. The van der Waals surface area contributed by atoms with Crippen molar-refractivity contribution in [1.29, 1.82) is 0 Å². The van der Waals surface area contributed by atoms with Crippen LogP contribution in [0.3, 0.4) is 0 Å².